The molecule has 0 spiro atoms. The van der Waals surface area contributed by atoms with Gasteiger partial charge in [-0.25, -0.2) is 9.38 Å². The van der Waals surface area contributed by atoms with Crippen LogP contribution in [0.3, 0.4) is 0 Å². The molecule has 0 radical (unpaired) electrons. The summed E-state index contributed by atoms with van der Waals surface area (Å²) in [6.45, 7) is 0. The standard InChI is InChI=1S/C12H10FN3/c13-7-4-5-9-11(6-7)15-10-3-1-2-8(14)12(10)16-9/h2-6,15H,1,14H2. The third kappa shape index (κ3) is 1.31. The summed E-state index contributed by atoms with van der Waals surface area (Å²) >= 11 is 0. The highest BCUT2D eigenvalue weighted by Gasteiger charge is 2.20. The van der Waals surface area contributed by atoms with Crippen LogP contribution in [0.5, 0.6) is 0 Å². The fourth-order valence-corrected chi connectivity index (χ4v) is 1.86. The number of allylic oxidation sites excluding steroid dienone is 2. The molecule has 16 heavy (non-hydrogen) atoms. The minimum atomic E-state index is -0.273. The van der Waals surface area contributed by atoms with E-state index in [9.17, 15) is 4.39 Å². The number of nitrogens with zero attached hydrogens (tertiary/aromatic N) is 1. The molecule has 1 aliphatic heterocycles. The average Bonchev–Trinajstić information content (AvgIpc) is 2.27. The van der Waals surface area contributed by atoms with E-state index in [0.717, 1.165) is 17.8 Å². The molecular formula is C12H10FN3. The number of fused-ring (bicyclic) bond motifs is 2. The smallest absolute Gasteiger partial charge is 0.125 e. The second kappa shape index (κ2) is 3.20. The van der Waals surface area contributed by atoms with Gasteiger partial charge in [0.2, 0.25) is 0 Å². The molecule has 2 aliphatic rings. The first-order valence-electron chi connectivity index (χ1n) is 5.06. The van der Waals surface area contributed by atoms with Crippen LogP contribution in [-0.4, -0.2) is 5.71 Å². The van der Waals surface area contributed by atoms with Crippen molar-refractivity contribution in [3.05, 3.63) is 47.6 Å². The van der Waals surface area contributed by atoms with Crippen LogP contribution in [0, 0.1) is 5.82 Å². The summed E-state index contributed by atoms with van der Waals surface area (Å²) in [5.74, 6) is -0.273. The monoisotopic (exact) mass is 215 g/mol. The fraction of sp³-hybridized carbons (Fsp3) is 0.0833. The van der Waals surface area contributed by atoms with E-state index < -0.39 is 0 Å². The van der Waals surface area contributed by atoms with Crippen molar-refractivity contribution < 1.29 is 4.39 Å². The molecular weight excluding hydrogens is 205 g/mol. The van der Waals surface area contributed by atoms with Gasteiger partial charge < -0.3 is 11.1 Å². The van der Waals surface area contributed by atoms with Gasteiger partial charge in [0.1, 0.15) is 11.5 Å². The molecule has 0 saturated carbocycles. The van der Waals surface area contributed by atoms with Crippen LogP contribution in [-0.2, 0) is 0 Å². The van der Waals surface area contributed by atoms with Crippen molar-refractivity contribution in [2.24, 2.45) is 10.7 Å². The lowest BCUT2D eigenvalue weighted by Gasteiger charge is -2.23. The summed E-state index contributed by atoms with van der Waals surface area (Å²) in [6.07, 6.45) is 4.68. The number of anilines is 1. The third-order valence-corrected chi connectivity index (χ3v) is 2.65. The van der Waals surface area contributed by atoms with E-state index in [2.05, 4.69) is 10.3 Å². The van der Waals surface area contributed by atoms with Gasteiger partial charge in [0.05, 0.1) is 22.8 Å². The van der Waals surface area contributed by atoms with Crippen molar-refractivity contribution in [2.75, 3.05) is 5.32 Å². The van der Waals surface area contributed by atoms with Gasteiger partial charge >= 0.3 is 0 Å². The number of nitrogens with one attached hydrogen (secondary N) is 1. The molecule has 0 amide bonds. The minimum absolute atomic E-state index is 0.273. The Morgan fingerprint density at radius 1 is 1.31 bits per heavy atom. The van der Waals surface area contributed by atoms with Gasteiger partial charge in [0.25, 0.3) is 0 Å². The Labute approximate surface area is 92.2 Å². The summed E-state index contributed by atoms with van der Waals surface area (Å²) < 4.78 is 13.1. The molecule has 1 heterocycles. The molecule has 3 nitrogen and oxygen atoms in total. The Kier molecular flexibility index (Phi) is 1.83. The van der Waals surface area contributed by atoms with Crippen LogP contribution >= 0.6 is 0 Å². The van der Waals surface area contributed by atoms with Crippen molar-refractivity contribution in [1.29, 1.82) is 0 Å². The van der Waals surface area contributed by atoms with Crippen LogP contribution in [0.15, 0.2) is 46.7 Å². The van der Waals surface area contributed by atoms with E-state index in [1.54, 1.807) is 6.07 Å². The van der Waals surface area contributed by atoms with E-state index in [-0.39, 0.29) is 5.82 Å². The van der Waals surface area contributed by atoms with E-state index in [0.29, 0.717) is 17.1 Å². The number of hydrogen-bond donors (Lipinski definition) is 2. The molecule has 3 N–H and O–H groups in total. The normalized spacial score (nSPS) is 17.4. The Bertz CT molecular complexity index is 555. The van der Waals surface area contributed by atoms with Crippen LogP contribution in [0.2, 0.25) is 0 Å². The van der Waals surface area contributed by atoms with Crippen LogP contribution in [0.1, 0.15) is 6.42 Å². The van der Waals surface area contributed by atoms with E-state index in [1.807, 2.05) is 12.2 Å². The van der Waals surface area contributed by atoms with Gasteiger partial charge in [0.15, 0.2) is 0 Å². The predicted octanol–water partition coefficient (Wildman–Crippen LogP) is 2.45. The molecule has 0 atom stereocenters. The second-order valence-corrected chi connectivity index (χ2v) is 3.76. The lowest BCUT2D eigenvalue weighted by atomic mass is 10.0. The highest BCUT2D eigenvalue weighted by atomic mass is 19.1. The molecule has 3 rings (SSSR count). The first-order valence-corrected chi connectivity index (χ1v) is 5.06. The summed E-state index contributed by atoms with van der Waals surface area (Å²) in [7, 11) is 0. The van der Waals surface area contributed by atoms with Gasteiger partial charge in [-0.05, 0) is 24.6 Å². The van der Waals surface area contributed by atoms with Crippen LogP contribution in [0.25, 0.3) is 0 Å². The second-order valence-electron chi connectivity index (χ2n) is 3.76. The first kappa shape index (κ1) is 9.15. The Hall–Kier alpha value is -2.10. The van der Waals surface area contributed by atoms with Crippen molar-refractivity contribution in [3.63, 3.8) is 0 Å². The zero-order valence-electron chi connectivity index (χ0n) is 8.50. The van der Waals surface area contributed by atoms with Crippen LogP contribution < -0.4 is 11.1 Å². The Morgan fingerprint density at radius 3 is 3.06 bits per heavy atom. The largest absolute Gasteiger partial charge is 0.397 e. The number of nitrogens with two attached hydrogens (primary N) is 1. The van der Waals surface area contributed by atoms with Gasteiger partial charge in [-0.1, -0.05) is 12.2 Å². The van der Waals surface area contributed by atoms with Crippen molar-refractivity contribution in [1.82, 2.24) is 0 Å². The number of aliphatic imine (C=N–C) groups is 1. The highest BCUT2D eigenvalue weighted by molar-refractivity contribution is 6.17. The molecule has 1 aromatic carbocycles. The van der Waals surface area contributed by atoms with E-state index in [4.69, 9.17) is 5.73 Å². The van der Waals surface area contributed by atoms with Gasteiger partial charge in [-0.3, -0.25) is 0 Å². The molecule has 1 aliphatic carbocycles. The summed E-state index contributed by atoms with van der Waals surface area (Å²) in [5, 5.41) is 3.14. The van der Waals surface area contributed by atoms with Crippen molar-refractivity contribution in [3.8, 4) is 0 Å². The number of halogens is 1. The predicted molar refractivity (Wildman–Crippen MR) is 62.1 cm³/mol. The lowest BCUT2D eigenvalue weighted by molar-refractivity contribution is 0.628. The summed E-state index contributed by atoms with van der Waals surface area (Å²) in [5.41, 5.74) is 9.52. The molecule has 0 saturated heterocycles. The highest BCUT2D eigenvalue weighted by Crippen LogP contribution is 2.33. The quantitative estimate of drug-likeness (QED) is 0.698. The molecule has 1 aromatic rings. The third-order valence-electron chi connectivity index (χ3n) is 2.65. The molecule has 0 fully saturated rings. The maximum Gasteiger partial charge on any atom is 0.125 e. The fourth-order valence-electron chi connectivity index (χ4n) is 1.86. The minimum Gasteiger partial charge on any atom is -0.397 e. The SMILES string of the molecule is NC1=CCC=C2Nc3cc(F)ccc3N=C12. The van der Waals surface area contributed by atoms with E-state index >= 15 is 0 Å². The van der Waals surface area contributed by atoms with Gasteiger partial charge in [-0.2, -0.15) is 0 Å². The van der Waals surface area contributed by atoms with Crippen LogP contribution in [0.4, 0.5) is 15.8 Å². The summed E-state index contributed by atoms with van der Waals surface area (Å²) in [4.78, 5) is 4.42. The molecule has 0 unspecified atom stereocenters. The summed E-state index contributed by atoms with van der Waals surface area (Å²) in [6, 6.07) is 4.47. The maximum absolute atomic E-state index is 13.1. The molecule has 80 valence electrons. The van der Waals surface area contributed by atoms with Crippen molar-refractivity contribution >= 4 is 17.1 Å². The van der Waals surface area contributed by atoms with Gasteiger partial charge in [-0.15, -0.1) is 0 Å². The molecule has 0 bridgehead atoms. The number of rotatable bonds is 0. The van der Waals surface area contributed by atoms with Gasteiger partial charge in [0, 0.05) is 0 Å². The topological polar surface area (TPSA) is 50.4 Å². The number of benzene rings is 1. The zero-order valence-corrected chi connectivity index (χ0v) is 8.50. The first-order chi connectivity index (χ1) is 7.74. The van der Waals surface area contributed by atoms with E-state index in [1.165, 1.54) is 12.1 Å². The Morgan fingerprint density at radius 2 is 2.19 bits per heavy atom. The maximum atomic E-state index is 13.1. The molecule has 4 heteroatoms. The number of hydrogen-bond acceptors (Lipinski definition) is 3. The molecule has 0 aromatic heterocycles. The van der Waals surface area contributed by atoms with Crippen molar-refractivity contribution in [2.45, 2.75) is 6.42 Å². The Balaban J connectivity index is 2.16. The lowest BCUT2D eigenvalue weighted by Crippen LogP contribution is -2.23. The zero-order chi connectivity index (χ0) is 11.1. The average molecular weight is 215 g/mol.